The van der Waals surface area contributed by atoms with Crippen LogP contribution in [0.4, 0.5) is 4.79 Å². The summed E-state index contributed by atoms with van der Waals surface area (Å²) in [5.74, 6) is -0.161. The molecule has 1 aliphatic carbocycles. The summed E-state index contributed by atoms with van der Waals surface area (Å²) in [6, 6.07) is 19.7. The number of aromatic nitrogens is 2. The van der Waals surface area contributed by atoms with Crippen LogP contribution in [0.3, 0.4) is 0 Å². The lowest BCUT2D eigenvalue weighted by Gasteiger charge is -2.40. The highest BCUT2D eigenvalue weighted by molar-refractivity contribution is 5.98. The summed E-state index contributed by atoms with van der Waals surface area (Å²) >= 11 is 0. The predicted molar refractivity (Wildman–Crippen MR) is 161 cm³/mol. The number of hydrogen-bond donors (Lipinski definition) is 1. The minimum absolute atomic E-state index is 0.0471. The number of unbranched alkanes of at least 4 members (excludes halogenated alkanes) is 1. The monoisotopic (exact) mass is 574 g/mol. The molecule has 3 atom stereocenters. The maximum atomic E-state index is 14.4. The van der Waals surface area contributed by atoms with Gasteiger partial charge in [-0.25, -0.2) is 9.78 Å². The van der Waals surface area contributed by atoms with Crippen LogP contribution in [0.1, 0.15) is 60.6 Å². The van der Waals surface area contributed by atoms with Crippen LogP contribution in [0.5, 0.6) is 0 Å². The molecule has 42 heavy (non-hydrogen) atoms. The van der Waals surface area contributed by atoms with E-state index in [1.54, 1.807) is 7.11 Å². The molecule has 3 aromatic rings. The summed E-state index contributed by atoms with van der Waals surface area (Å²) < 4.78 is 13.8. The zero-order valence-electron chi connectivity index (χ0n) is 24.4. The van der Waals surface area contributed by atoms with Crippen molar-refractivity contribution in [2.45, 2.75) is 63.1 Å². The van der Waals surface area contributed by atoms with E-state index in [1.165, 1.54) is 4.90 Å². The van der Waals surface area contributed by atoms with Gasteiger partial charge in [0.2, 0.25) is 0 Å². The molecule has 5 rings (SSSR count). The summed E-state index contributed by atoms with van der Waals surface area (Å²) in [7, 11) is 1.72. The quantitative estimate of drug-likeness (QED) is 0.303. The molecule has 2 heterocycles. The van der Waals surface area contributed by atoms with Crippen LogP contribution < -0.4 is 0 Å². The Bertz CT molecular complexity index is 1300. The highest BCUT2D eigenvalue weighted by Gasteiger charge is 2.37. The van der Waals surface area contributed by atoms with Crippen molar-refractivity contribution in [2.75, 3.05) is 40.0 Å². The predicted octanol–water partition coefficient (Wildman–Crippen LogP) is 5.52. The molecule has 9 nitrogen and oxygen atoms in total. The second-order valence-electron chi connectivity index (χ2n) is 11.2. The van der Waals surface area contributed by atoms with Gasteiger partial charge < -0.3 is 28.9 Å². The van der Waals surface area contributed by atoms with Crippen LogP contribution >= 0.6 is 0 Å². The number of nitrogens with zero attached hydrogens (tertiary/aromatic N) is 4. The maximum absolute atomic E-state index is 14.4. The van der Waals surface area contributed by atoms with Crippen molar-refractivity contribution in [1.29, 1.82) is 0 Å². The number of piperazine rings is 1. The van der Waals surface area contributed by atoms with Gasteiger partial charge in [-0.2, -0.15) is 0 Å². The van der Waals surface area contributed by atoms with E-state index in [-0.39, 0.29) is 37.2 Å². The van der Waals surface area contributed by atoms with Crippen molar-refractivity contribution < 1.29 is 24.2 Å². The minimum Gasteiger partial charge on any atom is -0.465 e. The highest BCUT2D eigenvalue weighted by atomic mass is 16.5. The van der Waals surface area contributed by atoms with Gasteiger partial charge in [0.15, 0.2) is 5.69 Å². The van der Waals surface area contributed by atoms with E-state index in [0.29, 0.717) is 25.3 Å². The molecule has 0 radical (unpaired) electrons. The first-order valence-electron chi connectivity index (χ1n) is 15.1. The summed E-state index contributed by atoms with van der Waals surface area (Å²) in [6.07, 6.45) is 7.53. The molecule has 2 aliphatic rings. The van der Waals surface area contributed by atoms with E-state index in [2.05, 4.69) is 4.57 Å². The molecule has 1 aromatic heterocycles. The number of carbonyl (C=O) groups excluding carboxylic acids is 1. The fourth-order valence-corrected chi connectivity index (χ4v) is 6.32. The summed E-state index contributed by atoms with van der Waals surface area (Å²) in [5, 5.41) is 9.72. The molecule has 2 amide bonds. The van der Waals surface area contributed by atoms with E-state index in [4.69, 9.17) is 14.5 Å². The van der Waals surface area contributed by atoms with Crippen LogP contribution in [0.25, 0.3) is 11.3 Å². The fourth-order valence-electron chi connectivity index (χ4n) is 6.32. The number of ether oxygens (including phenoxy) is 2. The first-order valence-corrected chi connectivity index (χ1v) is 15.1. The molecule has 1 saturated carbocycles. The first kappa shape index (κ1) is 29.8. The minimum atomic E-state index is -0.958. The van der Waals surface area contributed by atoms with Gasteiger partial charge in [-0.1, -0.05) is 73.5 Å². The second kappa shape index (κ2) is 14.5. The van der Waals surface area contributed by atoms with Crippen molar-refractivity contribution in [3.8, 4) is 11.3 Å². The lowest BCUT2D eigenvalue weighted by atomic mass is 9.91. The standard InChI is InChI=1S/C33H42N4O5/c1-41-20-10-11-21-42-29-17-9-8-16-28(29)37-24-34-30(31(37)26-14-6-3-7-15-26)32(38)36-19-18-35(33(39)40)23-27(36)22-25-12-4-2-5-13-25/h2-7,12-15,24,27-29H,8-11,16-23H2,1H3,(H,39,40)/t27-,28+,29+/m1/s1. The molecule has 224 valence electrons. The Morgan fingerprint density at radius 1 is 0.952 bits per heavy atom. The van der Waals surface area contributed by atoms with Crippen LogP contribution in [0.15, 0.2) is 67.0 Å². The zero-order chi connectivity index (χ0) is 29.3. The van der Waals surface area contributed by atoms with Gasteiger partial charge in [-0.3, -0.25) is 4.79 Å². The number of benzene rings is 2. The Morgan fingerprint density at radius 3 is 2.40 bits per heavy atom. The topological polar surface area (TPSA) is 97.1 Å². The number of amides is 2. The molecular formula is C33H42N4O5. The van der Waals surface area contributed by atoms with Crippen LogP contribution in [-0.2, 0) is 15.9 Å². The third-order valence-corrected chi connectivity index (χ3v) is 8.47. The Morgan fingerprint density at radius 2 is 1.67 bits per heavy atom. The second-order valence-corrected chi connectivity index (χ2v) is 11.2. The van der Waals surface area contributed by atoms with Crippen molar-refractivity contribution in [2.24, 2.45) is 0 Å². The van der Waals surface area contributed by atoms with Gasteiger partial charge in [0.25, 0.3) is 5.91 Å². The van der Waals surface area contributed by atoms with Crippen molar-refractivity contribution in [3.05, 3.63) is 78.2 Å². The number of carboxylic acid groups (broad SMARTS) is 1. The van der Waals surface area contributed by atoms with Crippen LogP contribution in [0, 0.1) is 0 Å². The molecule has 1 N–H and O–H groups in total. The zero-order valence-corrected chi connectivity index (χ0v) is 24.4. The van der Waals surface area contributed by atoms with Gasteiger partial charge in [-0.05, 0) is 37.7 Å². The Kier molecular flexibility index (Phi) is 10.3. The fraction of sp³-hybridized carbons (Fsp3) is 0.485. The SMILES string of the molecule is COCCCCO[C@H]1CCCC[C@@H]1n1cnc(C(=O)N2CCN(C(=O)O)C[C@H]2Cc2ccccc2)c1-c1ccccc1. The third-order valence-electron chi connectivity index (χ3n) is 8.47. The summed E-state index contributed by atoms with van der Waals surface area (Å²) in [5.41, 5.74) is 3.22. The van der Waals surface area contributed by atoms with E-state index in [1.807, 2.05) is 71.9 Å². The maximum Gasteiger partial charge on any atom is 0.407 e. The first-order chi connectivity index (χ1) is 20.6. The van der Waals surface area contributed by atoms with E-state index in [9.17, 15) is 14.7 Å². The van der Waals surface area contributed by atoms with Crippen molar-refractivity contribution >= 4 is 12.0 Å². The van der Waals surface area contributed by atoms with Gasteiger partial charge in [0.1, 0.15) is 0 Å². The lowest BCUT2D eigenvalue weighted by Crippen LogP contribution is -2.57. The number of hydrogen-bond acceptors (Lipinski definition) is 5. The van der Waals surface area contributed by atoms with E-state index >= 15 is 0 Å². The molecule has 9 heteroatoms. The summed E-state index contributed by atoms with van der Waals surface area (Å²) in [4.78, 5) is 34.2. The Labute approximate surface area is 248 Å². The molecule has 0 unspecified atom stereocenters. The molecule has 0 spiro atoms. The van der Waals surface area contributed by atoms with Crippen molar-refractivity contribution in [3.63, 3.8) is 0 Å². The Hall–Kier alpha value is -3.69. The average Bonchev–Trinajstić information content (AvgIpc) is 3.47. The molecule has 1 aliphatic heterocycles. The van der Waals surface area contributed by atoms with Gasteiger partial charge in [0, 0.05) is 45.5 Å². The van der Waals surface area contributed by atoms with E-state index in [0.717, 1.165) is 62.0 Å². The largest absolute Gasteiger partial charge is 0.465 e. The van der Waals surface area contributed by atoms with Crippen LogP contribution in [-0.4, -0.2) is 88.6 Å². The van der Waals surface area contributed by atoms with Crippen molar-refractivity contribution in [1.82, 2.24) is 19.4 Å². The Balaban J connectivity index is 1.45. The number of methoxy groups -OCH3 is 1. The third kappa shape index (κ3) is 7.02. The van der Waals surface area contributed by atoms with E-state index < -0.39 is 6.09 Å². The smallest absolute Gasteiger partial charge is 0.407 e. The molecule has 0 bridgehead atoms. The summed E-state index contributed by atoms with van der Waals surface area (Å²) in [6.45, 7) is 2.27. The lowest BCUT2D eigenvalue weighted by molar-refractivity contribution is -0.00857. The number of carbonyl (C=O) groups is 2. The molecule has 2 fully saturated rings. The average molecular weight is 575 g/mol. The number of rotatable bonds is 11. The van der Waals surface area contributed by atoms with Gasteiger partial charge in [-0.15, -0.1) is 0 Å². The van der Waals surface area contributed by atoms with Gasteiger partial charge >= 0.3 is 6.09 Å². The molecule has 2 aromatic carbocycles. The number of imidazole rings is 1. The normalized spacial score (nSPS) is 20.9. The van der Waals surface area contributed by atoms with Gasteiger partial charge in [0.05, 0.1) is 30.2 Å². The highest BCUT2D eigenvalue weighted by Crippen LogP contribution is 2.36. The molecular weight excluding hydrogens is 532 g/mol. The van der Waals surface area contributed by atoms with Crippen LogP contribution in [0.2, 0.25) is 0 Å². The molecule has 1 saturated heterocycles.